The lowest BCUT2D eigenvalue weighted by atomic mass is 10.2. The van der Waals surface area contributed by atoms with Gasteiger partial charge in [-0.3, -0.25) is 0 Å². The Balaban J connectivity index is 2.28. The van der Waals surface area contributed by atoms with E-state index in [4.69, 9.17) is 4.74 Å². The Bertz CT molecular complexity index is 288. The van der Waals surface area contributed by atoms with Gasteiger partial charge in [-0.15, -0.1) is 11.3 Å². The molecule has 1 unspecified atom stereocenters. The van der Waals surface area contributed by atoms with E-state index >= 15 is 0 Å². The first kappa shape index (κ1) is 13.6. The molecule has 1 aromatic heterocycles. The van der Waals surface area contributed by atoms with Crippen molar-refractivity contribution >= 4 is 11.3 Å². The fourth-order valence-corrected chi connectivity index (χ4v) is 2.19. The average molecular weight is 242 g/mol. The molecule has 4 heteroatoms. The van der Waals surface area contributed by atoms with Crippen molar-refractivity contribution in [3.05, 3.63) is 16.1 Å². The molecular weight excluding hydrogens is 220 g/mol. The molecule has 0 aliphatic heterocycles. The van der Waals surface area contributed by atoms with Crippen molar-refractivity contribution in [2.75, 3.05) is 6.54 Å². The van der Waals surface area contributed by atoms with Crippen molar-refractivity contribution in [1.82, 2.24) is 10.3 Å². The van der Waals surface area contributed by atoms with Gasteiger partial charge in [0.05, 0.1) is 18.4 Å². The number of nitrogens with zero attached hydrogens (tertiary/aromatic N) is 1. The van der Waals surface area contributed by atoms with Crippen molar-refractivity contribution in [2.24, 2.45) is 0 Å². The van der Waals surface area contributed by atoms with Crippen LogP contribution in [0.2, 0.25) is 0 Å². The largest absolute Gasteiger partial charge is 0.372 e. The summed E-state index contributed by atoms with van der Waals surface area (Å²) in [6, 6.07) is 0. The van der Waals surface area contributed by atoms with Gasteiger partial charge in [0.2, 0.25) is 0 Å². The third kappa shape index (κ3) is 5.05. The van der Waals surface area contributed by atoms with Crippen molar-refractivity contribution in [2.45, 2.75) is 52.9 Å². The summed E-state index contributed by atoms with van der Waals surface area (Å²) in [4.78, 5) is 4.51. The summed E-state index contributed by atoms with van der Waals surface area (Å²) in [6.07, 6.45) is 2.63. The van der Waals surface area contributed by atoms with Crippen LogP contribution in [0.4, 0.5) is 0 Å². The molecule has 1 N–H and O–H groups in total. The molecule has 0 fully saturated rings. The third-order valence-corrected chi connectivity index (χ3v) is 3.23. The maximum Gasteiger partial charge on any atom is 0.107 e. The van der Waals surface area contributed by atoms with Gasteiger partial charge in [0.15, 0.2) is 0 Å². The molecular formula is C12H22N2OS. The standard InChI is InChI=1S/C12H22N2OS/c1-4-6-10(3)15-8-11-9-16-12(14-11)7-13-5-2/h9-10,13H,4-8H2,1-3H3. The maximum atomic E-state index is 5.71. The molecule has 1 aromatic rings. The van der Waals surface area contributed by atoms with Crippen molar-refractivity contribution in [3.63, 3.8) is 0 Å². The van der Waals surface area contributed by atoms with Crippen LogP contribution in [0.15, 0.2) is 5.38 Å². The lowest BCUT2D eigenvalue weighted by molar-refractivity contribution is 0.0455. The maximum absolute atomic E-state index is 5.71. The van der Waals surface area contributed by atoms with E-state index < -0.39 is 0 Å². The summed E-state index contributed by atoms with van der Waals surface area (Å²) >= 11 is 1.70. The molecule has 0 spiro atoms. The Morgan fingerprint density at radius 2 is 2.31 bits per heavy atom. The zero-order valence-corrected chi connectivity index (χ0v) is 11.3. The summed E-state index contributed by atoms with van der Waals surface area (Å²) in [7, 11) is 0. The quantitative estimate of drug-likeness (QED) is 0.761. The smallest absolute Gasteiger partial charge is 0.107 e. The van der Waals surface area contributed by atoms with E-state index in [0.29, 0.717) is 12.7 Å². The molecule has 0 aromatic carbocycles. The highest BCUT2D eigenvalue weighted by atomic mass is 32.1. The molecule has 0 radical (unpaired) electrons. The Kier molecular flexibility index (Phi) is 6.61. The lowest BCUT2D eigenvalue weighted by Crippen LogP contribution is -2.11. The number of rotatable bonds is 8. The highest BCUT2D eigenvalue weighted by Gasteiger charge is 2.04. The number of aromatic nitrogens is 1. The average Bonchev–Trinajstić information content (AvgIpc) is 2.72. The second-order valence-electron chi connectivity index (χ2n) is 3.92. The minimum Gasteiger partial charge on any atom is -0.372 e. The van der Waals surface area contributed by atoms with Gasteiger partial charge in [0, 0.05) is 11.9 Å². The molecule has 0 saturated carbocycles. The van der Waals surface area contributed by atoms with Gasteiger partial charge in [-0.05, 0) is 19.9 Å². The zero-order valence-electron chi connectivity index (χ0n) is 10.5. The first-order valence-electron chi connectivity index (χ1n) is 6.01. The van der Waals surface area contributed by atoms with Gasteiger partial charge in [-0.2, -0.15) is 0 Å². The SMILES string of the molecule is CCCC(C)OCc1csc(CNCC)n1. The Labute approximate surface area is 102 Å². The number of hydrogen-bond donors (Lipinski definition) is 1. The van der Waals surface area contributed by atoms with E-state index in [1.54, 1.807) is 11.3 Å². The fourth-order valence-electron chi connectivity index (χ4n) is 1.45. The number of hydrogen-bond acceptors (Lipinski definition) is 4. The fraction of sp³-hybridized carbons (Fsp3) is 0.750. The molecule has 92 valence electrons. The van der Waals surface area contributed by atoms with E-state index in [1.165, 1.54) is 6.42 Å². The first-order chi connectivity index (χ1) is 7.76. The number of ether oxygens (including phenoxy) is 1. The Hall–Kier alpha value is -0.450. The molecule has 3 nitrogen and oxygen atoms in total. The minimum absolute atomic E-state index is 0.337. The van der Waals surface area contributed by atoms with E-state index in [-0.39, 0.29) is 0 Å². The summed E-state index contributed by atoms with van der Waals surface area (Å²) in [5.41, 5.74) is 1.06. The molecule has 16 heavy (non-hydrogen) atoms. The summed E-state index contributed by atoms with van der Waals surface area (Å²) in [5.74, 6) is 0. The van der Waals surface area contributed by atoms with E-state index in [2.05, 4.69) is 36.5 Å². The summed E-state index contributed by atoms with van der Waals surface area (Å²) < 4.78 is 5.71. The predicted octanol–water partition coefficient (Wildman–Crippen LogP) is 2.96. The zero-order chi connectivity index (χ0) is 11.8. The van der Waals surface area contributed by atoms with E-state index in [1.807, 2.05) is 0 Å². The van der Waals surface area contributed by atoms with Crippen LogP contribution >= 0.6 is 11.3 Å². The lowest BCUT2D eigenvalue weighted by Gasteiger charge is -2.10. The summed E-state index contributed by atoms with van der Waals surface area (Å²) in [6.45, 7) is 8.89. The van der Waals surface area contributed by atoms with Crippen LogP contribution in [0.3, 0.4) is 0 Å². The van der Waals surface area contributed by atoms with Crippen LogP contribution in [0.1, 0.15) is 44.3 Å². The van der Waals surface area contributed by atoms with Crippen molar-refractivity contribution < 1.29 is 4.74 Å². The second kappa shape index (κ2) is 7.76. The van der Waals surface area contributed by atoms with Gasteiger partial charge in [-0.1, -0.05) is 20.3 Å². The molecule has 0 aliphatic rings. The van der Waals surface area contributed by atoms with Crippen molar-refractivity contribution in [3.8, 4) is 0 Å². The molecule has 0 bridgehead atoms. The summed E-state index contributed by atoms with van der Waals surface area (Å²) in [5, 5.41) is 6.50. The van der Waals surface area contributed by atoms with Crippen LogP contribution in [0.5, 0.6) is 0 Å². The van der Waals surface area contributed by atoms with Gasteiger partial charge in [0.1, 0.15) is 5.01 Å². The Morgan fingerprint density at radius 1 is 1.50 bits per heavy atom. The normalized spacial score (nSPS) is 12.9. The topological polar surface area (TPSA) is 34.1 Å². The minimum atomic E-state index is 0.337. The highest BCUT2D eigenvalue weighted by molar-refractivity contribution is 7.09. The van der Waals surface area contributed by atoms with Gasteiger partial charge in [0.25, 0.3) is 0 Å². The second-order valence-corrected chi connectivity index (χ2v) is 4.87. The molecule has 1 rings (SSSR count). The van der Waals surface area contributed by atoms with Crippen LogP contribution in [-0.4, -0.2) is 17.6 Å². The van der Waals surface area contributed by atoms with Gasteiger partial charge >= 0.3 is 0 Å². The van der Waals surface area contributed by atoms with E-state index in [9.17, 15) is 0 Å². The molecule has 1 heterocycles. The van der Waals surface area contributed by atoms with Gasteiger partial charge in [-0.25, -0.2) is 4.98 Å². The van der Waals surface area contributed by atoms with E-state index in [0.717, 1.165) is 30.2 Å². The van der Waals surface area contributed by atoms with Crippen molar-refractivity contribution in [1.29, 1.82) is 0 Å². The van der Waals surface area contributed by atoms with Crippen LogP contribution in [0, 0.1) is 0 Å². The third-order valence-electron chi connectivity index (χ3n) is 2.34. The van der Waals surface area contributed by atoms with Crippen LogP contribution in [0.25, 0.3) is 0 Å². The predicted molar refractivity (Wildman–Crippen MR) is 68.7 cm³/mol. The molecule has 0 saturated heterocycles. The monoisotopic (exact) mass is 242 g/mol. The Morgan fingerprint density at radius 3 is 3.00 bits per heavy atom. The molecule has 0 aliphatic carbocycles. The van der Waals surface area contributed by atoms with Crippen LogP contribution in [-0.2, 0) is 17.9 Å². The molecule has 1 atom stereocenters. The number of nitrogens with one attached hydrogen (secondary N) is 1. The highest BCUT2D eigenvalue weighted by Crippen LogP contribution is 2.12. The van der Waals surface area contributed by atoms with Gasteiger partial charge < -0.3 is 10.1 Å². The first-order valence-corrected chi connectivity index (χ1v) is 6.89. The number of thiazole rings is 1. The molecule has 0 amide bonds. The van der Waals surface area contributed by atoms with Crippen LogP contribution < -0.4 is 5.32 Å².